The predicted octanol–water partition coefficient (Wildman–Crippen LogP) is 12.4. The molecule has 7 rings (SSSR count). The van der Waals surface area contributed by atoms with Gasteiger partial charge < -0.3 is 9.31 Å². The lowest BCUT2D eigenvalue weighted by atomic mass is 9.74. The summed E-state index contributed by atoms with van der Waals surface area (Å²) in [5.74, 6) is -76.2. The summed E-state index contributed by atoms with van der Waals surface area (Å²) in [6.45, 7) is 0. The molecule has 0 amide bonds. The smallest absolute Gasteiger partial charge is 0.519 e. The minimum atomic E-state index is -4.25. The summed E-state index contributed by atoms with van der Waals surface area (Å²) in [7, 11) is -4.25. The molecule has 0 bridgehead atoms. The van der Waals surface area contributed by atoms with Crippen molar-refractivity contribution < 1.29 is 110 Å². The number of benzene rings is 7. The van der Waals surface area contributed by atoms with Gasteiger partial charge >= 0.3 is 7.12 Å². The summed E-state index contributed by atoms with van der Waals surface area (Å²) in [6, 6.07) is 2.05. The van der Waals surface area contributed by atoms with Crippen LogP contribution in [0.15, 0.2) is 24.3 Å². The quantitative estimate of drug-likeness (QED) is 0.0521. The van der Waals surface area contributed by atoms with Crippen LogP contribution < -0.4 is 14.8 Å². The van der Waals surface area contributed by atoms with Crippen molar-refractivity contribution in [2.24, 2.45) is 0 Å². The van der Waals surface area contributed by atoms with E-state index in [4.69, 9.17) is 0 Å². The lowest BCUT2D eigenvalue weighted by Gasteiger charge is -2.24. The summed E-state index contributed by atoms with van der Waals surface area (Å²) in [5.41, 5.74) is -13.8. The van der Waals surface area contributed by atoms with Gasteiger partial charge in [-0.15, -0.1) is 0 Å². The van der Waals surface area contributed by atoms with Gasteiger partial charge in [0.2, 0.25) is 34.9 Å². The van der Waals surface area contributed by atoms with E-state index in [0.29, 0.717) is 12.1 Å². The second-order valence-corrected chi connectivity index (χ2v) is 12.7. The number of rotatable bonds is 7. The van der Waals surface area contributed by atoms with E-state index in [2.05, 4.69) is 9.31 Å². The molecule has 0 N–H and O–H groups in total. The van der Waals surface area contributed by atoms with Crippen molar-refractivity contribution in [3.8, 4) is 33.8 Å². The molecule has 0 radical (unpaired) electrons. The Bertz CT molecular complexity index is 3030. The topological polar surface area (TPSA) is 18.5 Å². The van der Waals surface area contributed by atoms with E-state index in [0.717, 1.165) is 6.07 Å². The lowest BCUT2D eigenvalue weighted by molar-refractivity contribution is 0.352. The van der Waals surface area contributed by atoms with Gasteiger partial charge in [-0.1, -0.05) is 12.1 Å². The second-order valence-electron chi connectivity index (χ2n) is 12.7. The van der Waals surface area contributed by atoms with Crippen LogP contribution in [0.4, 0.5) is 101 Å². The molecule has 0 aromatic heterocycles. The van der Waals surface area contributed by atoms with Crippen molar-refractivity contribution in [1.82, 2.24) is 0 Å². The van der Waals surface area contributed by atoms with Crippen LogP contribution in [-0.4, -0.2) is 7.12 Å². The standard InChI is InChI=1S/C38H4BF23O2/c40-7-3-1-2-5-4-6-9(15(41)8(5)7)16(42)24(50)23(49)14(6)39(63-37-12(21(47)29(55)33(59)35(37)61)10-17(43)25(51)31(57)26(52)18(10)44)64-38-13(22(48)30(56)34(60)36(38)62)11-19(45)27(53)32(58)28(54)20(11)46/h1-4H. The zero-order valence-corrected chi connectivity index (χ0v) is 29.4. The summed E-state index contributed by atoms with van der Waals surface area (Å²) < 4.78 is 355. The average Bonchev–Trinajstić information content (AvgIpc) is 3.26. The Balaban J connectivity index is 1.68. The fourth-order valence-corrected chi connectivity index (χ4v) is 6.36. The molecule has 7 aromatic rings. The number of hydrogen-bond donors (Lipinski definition) is 0. The maximum atomic E-state index is 16.2. The van der Waals surface area contributed by atoms with Crippen molar-refractivity contribution in [3.05, 3.63) is 158 Å². The van der Waals surface area contributed by atoms with Crippen molar-refractivity contribution in [1.29, 1.82) is 0 Å². The minimum Gasteiger partial charge on any atom is -0.519 e. The number of halogens is 23. The molecule has 7 aromatic carbocycles. The van der Waals surface area contributed by atoms with Gasteiger partial charge in [-0.2, -0.15) is 8.78 Å². The molecule has 0 aliphatic heterocycles. The first-order valence-electron chi connectivity index (χ1n) is 16.3. The van der Waals surface area contributed by atoms with Crippen LogP contribution in [0.1, 0.15) is 0 Å². The minimum absolute atomic E-state index is 0.164. The fourth-order valence-electron chi connectivity index (χ4n) is 6.36. The molecule has 0 fully saturated rings. The van der Waals surface area contributed by atoms with E-state index in [9.17, 15) is 48.3 Å². The first kappa shape index (κ1) is 45.1. The van der Waals surface area contributed by atoms with E-state index in [1.165, 1.54) is 0 Å². The highest BCUT2D eigenvalue weighted by Crippen LogP contribution is 2.46. The summed E-state index contributed by atoms with van der Waals surface area (Å²) in [5, 5.41) is -5.99. The van der Waals surface area contributed by atoms with Gasteiger partial charge in [-0.05, 0) is 22.9 Å². The first-order valence-corrected chi connectivity index (χ1v) is 16.3. The monoisotopic (exact) mass is 940 g/mol. The van der Waals surface area contributed by atoms with E-state index < -0.39 is 202 Å². The van der Waals surface area contributed by atoms with Crippen LogP contribution in [0.2, 0.25) is 0 Å². The highest BCUT2D eigenvalue weighted by Gasteiger charge is 2.44. The van der Waals surface area contributed by atoms with Gasteiger partial charge in [0.25, 0.3) is 0 Å². The Hall–Kier alpha value is -6.89. The Labute approximate surface area is 336 Å². The summed E-state index contributed by atoms with van der Waals surface area (Å²) in [6.07, 6.45) is 0. The number of fused-ring (bicyclic) bond motifs is 2. The summed E-state index contributed by atoms with van der Waals surface area (Å²) >= 11 is 0. The molecule has 64 heavy (non-hydrogen) atoms. The molecule has 0 spiro atoms. The van der Waals surface area contributed by atoms with Gasteiger partial charge in [0, 0.05) is 0 Å². The predicted molar refractivity (Wildman–Crippen MR) is 171 cm³/mol. The first-order chi connectivity index (χ1) is 29.9. The molecule has 0 saturated carbocycles. The average molecular weight is 940 g/mol. The van der Waals surface area contributed by atoms with Gasteiger partial charge in [0.1, 0.15) is 11.6 Å². The molecule has 0 saturated heterocycles. The maximum absolute atomic E-state index is 16.2. The molecule has 332 valence electrons. The van der Waals surface area contributed by atoms with Crippen molar-refractivity contribution in [3.63, 3.8) is 0 Å². The third-order valence-electron chi connectivity index (χ3n) is 9.24. The zero-order chi connectivity index (χ0) is 47.4. The van der Waals surface area contributed by atoms with E-state index in [1.807, 2.05) is 0 Å². The van der Waals surface area contributed by atoms with Gasteiger partial charge in [-0.3, -0.25) is 0 Å². The molecule has 0 aliphatic carbocycles. The lowest BCUT2D eigenvalue weighted by Crippen LogP contribution is -2.46. The second kappa shape index (κ2) is 15.7. The van der Waals surface area contributed by atoms with Crippen molar-refractivity contribution in [2.45, 2.75) is 0 Å². The van der Waals surface area contributed by atoms with Crippen LogP contribution in [0, 0.1) is 134 Å². The van der Waals surface area contributed by atoms with E-state index >= 15 is 52.7 Å². The van der Waals surface area contributed by atoms with Crippen molar-refractivity contribution >= 4 is 34.1 Å². The molecule has 2 nitrogen and oxygen atoms in total. The van der Waals surface area contributed by atoms with E-state index in [-0.39, 0.29) is 6.07 Å². The maximum Gasteiger partial charge on any atom is 0.636 e. The molecular weight excluding hydrogens is 936 g/mol. The SMILES string of the molecule is Fc1c(F)c(F)c(-c2c(F)c(F)c(F)c(F)c2OB(Oc2c(F)c(F)c(F)c(F)c2-c2c(F)c(F)c(F)c(F)c2F)c2c(F)c(F)c(F)c3c(F)c4c(F)cccc4cc23)c(F)c1F. The molecule has 0 heterocycles. The Morgan fingerprint density at radius 2 is 0.625 bits per heavy atom. The van der Waals surface area contributed by atoms with Gasteiger partial charge in [-0.25, -0.2) is 92.2 Å². The van der Waals surface area contributed by atoms with Crippen LogP contribution >= 0.6 is 0 Å². The van der Waals surface area contributed by atoms with Crippen LogP contribution in [0.3, 0.4) is 0 Å². The Morgan fingerprint density at radius 1 is 0.297 bits per heavy atom. The van der Waals surface area contributed by atoms with Gasteiger partial charge in [0.05, 0.1) is 38.5 Å². The highest BCUT2D eigenvalue weighted by molar-refractivity contribution is 6.66. The molecule has 0 aliphatic rings. The van der Waals surface area contributed by atoms with Crippen LogP contribution in [0.5, 0.6) is 11.5 Å². The Kier molecular flexibility index (Phi) is 11.1. The Morgan fingerprint density at radius 3 is 1.02 bits per heavy atom. The van der Waals surface area contributed by atoms with Gasteiger partial charge in [0.15, 0.2) is 98.8 Å². The third kappa shape index (κ3) is 6.38. The molecule has 0 atom stereocenters. The summed E-state index contributed by atoms with van der Waals surface area (Å²) in [4.78, 5) is 0. The van der Waals surface area contributed by atoms with Crippen LogP contribution in [0.25, 0.3) is 43.8 Å². The molecular formula is C38H4BF23O2. The van der Waals surface area contributed by atoms with Crippen LogP contribution in [-0.2, 0) is 0 Å². The van der Waals surface area contributed by atoms with E-state index in [1.54, 1.807) is 0 Å². The largest absolute Gasteiger partial charge is 0.636 e. The number of hydrogen-bond acceptors (Lipinski definition) is 2. The highest BCUT2D eigenvalue weighted by atomic mass is 19.2. The molecule has 26 heteroatoms. The van der Waals surface area contributed by atoms with Crippen molar-refractivity contribution in [2.75, 3.05) is 0 Å². The third-order valence-corrected chi connectivity index (χ3v) is 9.24. The fraction of sp³-hybridized carbons (Fsp3) is 0. The normalized spacial score (nSPS) is 11.7. The molecule has 0 unspecified atom stereocenters. The zero-order valence-electron chi connectivity index (χ0n) is 29.4.